The number of rotatable bonds is 4. The molecule has 112 valence electrons. The highest BCUT2D eigenvalue weighted by molar-refractivity contribution is 5.29. The van der Waals surface area contributed by atoms with Gasteiger partial charge in [-0.15, -0.1) is 0 Å². The second kappa shape index (κ2) is 6.66. The Morgan fingerprint density at radius 1 is 1.35 bits per heavy atom. The lowest BCUT2D eigenvalue weighted by atomic mass is 9.98. The Morgan fingerprint density at radius 3 is 2.60 bits per heavy atom. The maximum absolute atomic E-state index is 13.5. The third-order valence-electron chi connectivity index (χ3n) is 4.35. The van der Waals surface area contributed by atoms with Crippen LogP contribution in [0.15, 0.2) is 18.2 Å². The van der Waals surface area contributed by atoms with Crippen molar-refractivity contribution in [1.29, 1.82) is 0 Å². The fourth-order valence-electron chi connectivity index (χ4n) is 3.09. The van der Waals surface area contributed by atoms with Gasteiger partial charge in [0.05, 0.1) is 6.04 Å². The standard InChI is InChI=1S/C16H26FN3/c1-11-7-8-14(17)9-15(11)16(10-18)19-20-12(2)5-4-6-13(20)3/h7-9,12-13,16,19H,4-6,10,18H2,1-3H3. The molecule has 0 aromatic heterocycles. The third kappa shape index (κ3) is 3.37. The number of hydrazine groups is 1. The maximum atomic E-state index is 13.5. The minimum absolute atomic E-state index is 0.0336. The van der Waals surface area contributed by atoms with Crippen molar-refractivity contribution >= 4 is 0 Å². The van der Waals surface area contributed by atoms with Gasteiger partial charge in [0.25, 0.3) is 0 Å². The summed E-state index contributed by atoms with van der Waals surface area (Å²) in [7, 11) is 0. The lowest BCUT2D eigenvalue weighted by molar-refractivity contribution is 0.0303. The molecule has 3 atom stereocenters. The maximum Gasteiger partial charge on any atom is 0.123 e. The summed E-state index contributed by atoms with van der Waals surface area (Å²) in [6.07, 6.45) is 3.65. The molecule has 0 spiro atoms. The first kappa shape index (κ1) is 15.4. The molecule has 0 aliphatic carbocycles. The average Bonchev–Trinajstić information content (AvgIpc) is 2.42. The second-order valence-electron chi connectivity index (χ2n) is 5.95. The molecule has 0 bridgehead atoms. The van der Waals surface area contributed by atoms with Gasteiger partial charge < -0.3 is 5.73 Å². The molecule has 1 aliphatic heterocycles. The van der Waals surface area contributed by atoms with Crippen molar-refractivity contribution in [2.45, 2.75) is 58.2 Å². The highest BCUT2D eigenvalue weighted by Crippen LogP contribution is 2.24. The largest absolute Gasteiger partial charge is 0.329 e. The van der Waals surface area contributed by atoms with Gasteiger partial charge >= 0.3 is 0 Å². The number of piperidine rings is 1. The van der Waals surface area contributed by atoms with E-state index in [9.17, 15) is 4.39 Å². The fourth-order valence-corrected chi connectivity index (χ4v) is 3.09. The van der Waals surface area contributed by atoms with E-state index in [0.29, 0.717) is 18.6 Å². The van der Waals surface area contributed by atoms with Crippen molar-refractivity contribution in [3.05, 3.63) is 35.1 Å². The van der Waals surface area contributed by atoms with Crippen molar-refractivity contribution < 1.29 is 4.39 Å². The molecule has 1 saturated heterocycles. The third-order valence-corrected chi connectivity index (χ3v) is 4.35. The molecule has 4 heteroatoms. The van der Waals surface area contributed by atoms with Crippen LogP contribution < -0.4 is 11.2 Å². The first-order chi connectivity index (χ1) is 9.52. The summed E-state index contributed by atoms with van der Waals surface area (Å²) in [5, 5.41) is 2.30. The Hall–Kier alpha value is -0.970. The Morgan fingerprint density at radius 2 is 2.00 bits per heavy atom. The molecule has 1 aromatic carbocycles. The van der Waals surface area contributed by atoms with E-state index in [4.69, 9.17) is 5.73 Å². The van der Waals surface area contributed by atoms with E-state index in [1.54, 1.807) is 6.07 Å². The van der Waals surface area contributed by atoms with Crippen LogP contribution in [0.1, 0.15) is 50.3 Å². The fraction of sp³-hybridized carbons (Fsp3) is 0.625. The van der Waals surface area contributed by atoms with Crippen LogP contribution in [0.3, 0.4) is 0 Å². The number of benzene rings is 1. The zero-order valence-corrected chi connectivity index (χ0v) is 12.7. The SMILES string of the molecule is Cc1ccc(F)cc1C(CN)NN1C(C)CCCC1C. The minimum atomic E-state index is -0.203. The number of nitrogens with zero attached hydrogens (tertiary/aromatic N) is 1. The molecular formula is C16H26FN3. The zero-order chi connectivity index (χ0) is 14.7. The van der Waals surface area contributed by atoms with Gasteiger partial charge in [-0.05, 0) is 56.9 Å². The summed E-state index contributed by atoms with van der Waals surface area (Å²) in [5.74, 6) is -0.203. The van der Waals surface area contributed by atoms with Gasteiger partial charge in [-0.3, -0.25) is 0 Å². The molecule has 2 rings (SSSR count). The molecule has 3 N–H and O–H groups in total. The molecule has 1 heterocycles. The predicted molar refractivity (Wildman–Crippen MR) is 80.7 cm³/mol. The number of hydrogen-bond acceptors (Lipinski definition) is 3. The molecule has 1 aliphatic rings. The minimum Gasteiger partial charge on any atom is -0.329 e. The van der Waals surface area contributed by atoms with Crippen molar-refractivity contribution in [1.82, 2.24) is 10.4 Å². The predicted octanol–water partition coefficient (Wildman–Crippen LogP) is 2.90. The van der Waals surface area contributed by atoms with Crippen LogP contribution in [-0.2, 0) is 0 Å². The van der Waals surface area contributed by atoms with Gasteiger partial charge in [0.2, 0.25) is 0 Å². The van der Waals surface area contributed by atoms with Gasteiger partial charge in [0.15, 0.2) is 0 Å². The van der Waals surface area contributed by atoms with Crippen LogP contribution in [0.5, 0.6) is 0 Å². The number of hydrogen-bond donors (Lipinski definition) is 2. The summed E-state index contributed by atoms with van der Waals surface area (Å²) in [6.45, 7) is 6.92. The van der Waals surface area contributed by atoms with Crippen LogP contribution in [0.25, 0.3) is 0 Å². The smallest absolute Gasteiger partial charge is 0.123 e. The molecule has 3 unspecified atom stereocenters. The Labute approximate surface area is 121 Å². The Balaban J connectivity index is 2.17. The van der Waals surface area contributed by atoms with E-state index in [0.717, 1.165) is 11.1 Å². The summed E-state index contributed by atoms with van der Waals surface area (Å²) in [5.41, 5.74) is 11.5. The summed E-state index contributed by atoms with van der Waals surface area (Å²) in [6, 6.07) is 5.85. The Bertz CT molecular complexity index is 439. The Kier molecular flexibility index (Phi) is 5.13. The summed E-state index contributed by atoms with van der Waals surface area (Å²) >= 11 is 0. The van der Waals surface area contributed by atoms with Crippen LogP contribution in [-0.4, -0.2) is 23.6 Å². The van der Waals surface area contributed by atoms with Gasteiger partial charge in [0, 0.05) is 18.6 Å². The van der Waals surface area contributed by atoms with Crippen LogP contribution in [0.2, 0.25) is 0 Å². The first-order valence-corrected chi connectivity index (χ1v) is 7.53. The van der Waals surface area contributed by atoms with E-state index < -0.39 is 0 Å². The van der Waals surface area contributed by atoms with Crippen LogP contribution in [0, 0.1) is 12.7 Å². The molecule has 0 amide bonds. The summed E-state index contributed by atoms with van der Waals surface area (Å²) < 4.78 is 13.5. The monoisotopic (exact) mass is 279 g/mol. The highest BCUT2D eigenvalue weighted by Gasteiger charge is 2.27. The molecular weight excluding hydrogens is 253 g/mol. The van der Waals surface area contributed by atoms with Gasteiger partial charge in [-0.2, -0.15) is 0 Å². The van der Waals surface area contributed by atoms with E-state index in [2.05, 4.69) is 24.3 Å². The highest BCUT2D eigenvalue weighted by atomic mass is 19.1. The van der Waals surface area contributed by atoms with E-state index in [-0.39, 0.29) is 11.9 Å². The number of nitrogens with two attached hydrogens (primary N) is 1. The second-order valence-corrected chi connectivity index (χ2v) is 5.95. The van der Waals surface area contributed by atoms with Crippen LogP contribution in [0.4, 0.5) is 4.39 Å². The van der Waals surface area contributed by atoms with E-state index >= 15 is 0 Å². The molecule has 0 radical (unpaired) electrons. The van der Waals surface area contributed by atoms with Crippen molar-refractivity contribution in [3.63, 3.8) is 0 Å². The normalized spacial score (nSPS) is 25.6. The quantitative estimate of drug-likeness (QED) is 0.890. The van der Waals surface area contributed by atoms with E-state index in [1.807, 2.05) is 13.0 Å². The lowest BCUT2D eigenvalue weighted by Crippen LogP contribution is -2.54. The van der Waals surface area contributed by atoms with Gasteiger partial charge in [0.1, 0.15) is 5.82 Å². The number of halogens is 1. The average molecular weight is 279 g/mol. The van der Waals surface area contributed by atoms with Crippen LogP contribution >= 0.6 is 0 Å². The summed E-state index contributed by atoms with van der Waals surface area (Å²) in [4.78, 5) is 0. The molecule has 3 nitrogen and oxygen atoms in total. The van der Waals surface area contributed by atoms with Gasteiger partial charge in [-0.1, -0.05) is 12.5 Å². The number of nitrogens with one attached hydrogen (secondary N) is 1. The van der Waals surface area contributed by atoms with Gasteiger partial charge in [-0.25, -0.2) is 14.8 Å². The van der Waals surface area contributed by atoms with Crippen molar-refractivity contribution in [2.75, 3.05) is 6.54 Å². The molecule has 1 fully saturated rings. The number of aryl methyl sites for hydroxylation is 1. The topological polar surface area (TPSA) is 41.3 Å². The molecule has 0 saturated carbocycles. The first-order valence-electron chi connectivity index (χ1n) is 7.53. The zero-order valence-electron chi connectivity index (χ0n) is 12.7. The molecule has 20 heavy (non-hydrogen) atoms. The van der Waals surface area contributed by atoms with Crippen molar-refractivity contribution in [3.8, 4) is 0 Å². The van der Waals surface area contributed by atoms with E-state index in [1.165, 1.54) is 25.3 Å². The lowest BCUT2D eigenvalue weighted by Gasteiger charge is -2.41. The van der Waals surface area contributed by atoms with Crippen molar-refractivity contribution in [2.24, 2.45) is 5.73 Å². The molecule has 1 aromatic rings.